The number of nitrogens with zero attached hydrogens (tertiary/aromatic N) is 2. The number of methoxy groups -OCH3 is 1. The molecule has 1 amide bonds. The summed E-state index contributed by atoms with van der Waals surface area (Å²) in [4.78, 5) is 24.4. The molecule has 2 aromatic carbocycles. The first-order chi connectivity index (χ1) is 12.0. The Hall–Kier alpha value is -3.09. The Bertz CT molecular complexity index is 822. The second-order valence-corrected chi connectivity index (χ2v) is 5.95. The summed E-state index contributed by atoms with van der Waals surface area (Å²) in [7, 11) is 1.61. The van der Waals surface area contributed by atoms with Crippen LogP contribution in [-0.4, -0.2) is 24.5 Å². The number of nitrogens with two attached hydrogens (primary N) is 1. The van der Waals surface area contributed by atoms with Crippen LogP contribution in [0, 0.1) is 10.1 Å². The molecule has 1 heterocycles. The van der Waals surface area contributed by atoms with Gasteiger partial charge in [-0.1, -0.05) is 12.1 Å². The van der Waals surface area contributed by atoms with Gasteiger partial charge < -0.3 is 15.4 Å². The van der Waals surface area contributed by atoms with Crippen molar-refractivity contribution in [3.63, 3.8) is 0 Å². The van der Waals surface area contributed by atoms with Crippen molar-refractivity contribution in [3.05, 3.63) is 63.7 Å². The molecule has 130 valence electrons. The van der Waals surface area contributed by atoms with E-state index in [-0.39, 0.29) is 17.3 Å². The lowest BCUT2D eigenvalue weighted by atomic mass is 10.0. The molecule has 0 radical (unpaired) electrons. The number of anilines is 1. The zero-order valence-corrected chi connectivity index (χ0v) is 13.8. The van der Waals surface area contributed by atoms with Crippen molar-refractivity contribution in [2.75, 3.05) is 18.6 Å². The van der Waals surface area contributed by atoms with Gasteiger partial charge in [-0.25, -0.2) is 0 Å². The second-order valence-electron chi connectivity index (χ2n) is 5.95. The predicted octanol–water partition coefficient (Wildman–Crippen LogP) is 3.04. The molecule has 3 rings (SSSR count). The summed E-state index contributed by atoms with van der Waals surface area (Å²) in [6.07, 6.45) is 1.82. The van der Waals surface area contributed by atoms with Crippen molar-refractivity contribution in [2.24, 2.45) is 5.73 Å². The van der Waals surface area contributed by atoms with Gasteiger partial charge in [-0.05, 0) is 42.7 Å². The van der Waals surface area contributed by atoms with Crippen LogP contribution in [-0.2, 0) is 0 Å². The lowest BCUT2D eigenvalue weighted by Gasteiger charge is -2.27. The number of rotatable bonds is 5. The maximum Gasteiger partial charge on any atom is 0.293 e. The number of nitro benzene ring substituents is 1. The van der Waals surface area contributed by atoms with E-state index in [2.05, 4.69) is 0 Å². The van der Waals surface area contributed by atoms with E-state index in [4.69, 9.17) is 10.5 Å². The van der Waals surface area contributed by atoms with E-state index in [9.17, 15) is 14.9 Å². The third-order valence-electron chi connectivity index (χ3n) is 4.50. The lowest BCUT2D eigenvalue weighted by molar-refractivity contribution is -0.384. The standard InChI is InChI=1S/C18H19N3O4/c1-25-14-5-2-4-12(10-14)15-6-3-9-20(15)16-8-7-13(18(19)22)11-17(16)21(23)24/h2,4-5,7-8,10-11,15H,3,6,9H2,1H3,(H2,19,22). The average Bonchev–Trinajstić information content (AvgIpc) is 3.10. The Morgan fingerprint density at radius 2 is 2.12 bits per heavy atom. The number of amides is 1. The van der Waals surface area contributed by atoms with Crippen molar-refractivity contribution in [1.29, 1.82) is 0 Å². The topological polar surface area (TPSA) is 98.7 Å². The summed E-state index contributed by atoms with van der Waals surface area (Å²) < 4.78 is 5.28. The Morgan fingerprint density at radius 3 is 2.80 bits per heavy atom. The predicted molar refractivity (Wildman–Crippen MR) is 93.9 cm³/mol. The quantitative estimate of drug-likeness (QED) is 0.665. The molecule has 1 atom stereocenters. The van der Waals surface area contributed by atoms with Gasteiger partial charge in [0, 0.05) is 18.2 Å². The van der Waals surface area contributed by atoms with E-state index in [0.29, 0.717) is 12.2 Å². The van der Waals surface area contributed by atoms with Gasteiger partial charge in [-0.15, -0.1) is 0 Å². The van der Waals surface area contributed by atoms with Crippen LogP contribution >= 0.6 is 0 Å². The van der Waals surface area contributed by atoms with Crippen LogP contribution in [0.5, 0.6) is 5.75 Å². The summed E-state index contributed by atoms with van der Waals surface area (Å²) in [5.74, 6) is 0.0725. The first-order valence-corrected chi connectivity index (χ1v) is 8.00. The lowest BCUT2D eigenvalue weighted by Crippen LogP contribution is -2.24. The molecule has 0 saturated carbocycles. The number of ether oxygens (including phenoxy) is 1. The van der Waals surface area contributed by atoms with Crippen LogP contribution in [0.25, 0.3) is 0 Å². The van der Waals surface area contributed by atoms with Crippen LogP contribution in [0.4, 0.5) is 11.4 Å². The van der Waals surface area contributed by atoms with Gasteiger partial charge in [-0.2, -0.15) is 0 Å². The number of primary amides is 1. The minimum Gasteiger partial charge on any atom is -0.497 e. The fraction of sp³-hybridized carbons (Fsp3) is 0.278. The summed E-state index contributed by atoms with van der Waals surface area (Å²) in [5.41, 5.74) is 6.82. The Morgan fingerprint density at radius 1 is 1.32 bits per heavy atom. The van der Waals surface area contributed by atoms with Gasteiger partial charge in [0.05, 0.1) is 18.1 Å². The van der Waals surface area contributed by atoms with Crippen LogP contribution in [0.3, 0.4) is 0 Å². The normalized spacial score (nSPS) is 16.7. The van der Waals surface area contributed by atoms with E-state index >= 15 is 0 Å². The molecule has 25 heavy (non-hydrogen) atoms. The molecule has 2 N–H and O–H groups in total. The Balaban J connectivity index is 2.02. The van der Waals surface area contributed by atoms with Crippen LogP contribution in [0.2, 0.25) is 0 Å². The van der Waals surface area contributed by atoms with Crippen molar-refractivity contribution in [3.8, 4) is 5.75 Å². The van der Waals surface area contributed by atoms with Crippen LogP contribution in [0.15, 0.2) is 42.5 Å². The smallest absolute Gasteiger partial charge is 0.293 e. The Labute approximate surface area is 145 Å². The zero-order chi connectivity index (χ0) is 18.0. The van der Waals surface area contributed by atoms with Gasteiger partial charge in [0.2, 0.25) is 5.91 Å². The highest BCUT2D eigenvalue weighted by Gasteiger charge is 2.31. The molecule has 7 nitrogen and oxygen atoms in total. The first-order valence-electron chi connectivity index (χ1n) is 8.00. The van der Waals surface area contributed by atoms with Gasteiger partial charge in [0.15, 0.2) is 0 Å². The molecular formula is C18H19N3O4. The molecule has 7 heteroatoms. The molecule has 1 aliphatic rings. The van der Waals surface area contributed by atoms with Gasteiger partial charge >= 0.3 is 0 Å². The van der Waals surface area contributed by atoms with E-state index in [1.165, 1.54) is 12.1 Å². The van der Waals surface area contributed by atoms with E-state index in [1.54, 1.807) is 13.2 Å². The molecule has 0 spiro atoms. The summed E-state index contributed by atoms with van der Waals surface area (Å²) in [5, 5.41) is 11.5. The van der Waals surface area contributed by atoms with Gasteiger partial charge in [0.1, 0.15) is 11.4 Å². The number of hydrogen-bond acceptors (Lipinski definition) is 5. The molecule has 1 unspecified atom stereocenters. The summed E-state index contributed by atoms with van der Waals surface area (Å²) in [6, 6.07) is 12.1. The average molecular weight is 341 g/mol. The molecule has 0 aliphatic carbocycles. The van der Waals surface area contributed by atoms with Crippen molar-refractivity contribution in [2.45, 2.75) is 18.9 Å². The third-order valence-corrected chi connectivity index (χ3v) is 4.50. The zero-order valence-electron chi connectivity index (χ0n) is 13.8. The second kappa shape index (κ2) is 6.80. The third kappa shape index (κ3) is 3.26. The van der Waals surface area contributed by atoms with Gasteiger partial charge in [-0.3, -0.25) is 14.9 Å². The fourth-order valence-corrected chi connectivity index (χ4v) is 3.32. The Kier molecular flexibility index (Phi) is 4.56. The monoisotopic (exact) mass is 341 g/mol. The van der Waals surface area contributed by atoms with Crippen molar-refractivity contribution < 1.29 is 14.5 Å². The summed E-state index contributed by atoms with van der Waals surface area (Å²) >= 11 is 0. The maximum absolute atomic E-state index is 11.5. The summed E-state index contributed by atoms with van der Waals surface area (Å²) in [6.45, 7) is 0.707. The highest BCUT2D eigenvalue weighted by atomic mass is 16.6. The molecule has 0 aromatic heterocycles. The largest absolute Gasteiger partial charge is 0.497 e. The minimum atomic E-state index is -0.680. The number of carbonyl (C=O) groups is 1. The van der Waals surface area contributed by atoms with Crippen LogP contribution < -0.4 is 15.4 Å². The molecular weight excluding hydrogens is 322 g/mol. The number of carbonyl (C=O) groups excluding carboxylic acids is 1. The van der Waals surface area contributed by atoms with E-state index < -0.39 is 10.8 Å². The van der Waals surface area contributed by atoms with Crippen molar-refractivity contribution >= 4 is 17.3 Å². The molecule has 1 fully saturated rings. The SMILES string of the molecule is COc1cccc(C2CCCN2c2ccc(C(N)=O)cc2[N+](=O)[O-])c1. The highest BCUT2D eigenvalue weighted by molar-refractivity contribution is 5.94. The fourth-order valence-electron chi connectivity index (χ4n) is 3.32. The highest BCUT2D eigenvalue weighted by Crippen LogP contribution is 2.41. The number of nitro groups is 1. The number of benzene rings is 2. The van der Waals surface area contributed by atoms with Crippen molar-refractivity contribution in [1.82, 2.24) is 0 Å². The molecule has 1 aliphatic heterocycles. The maximum atomic E-state index is 11.5. The van der Waals surface area contributed by atoms with E-state index in [0.717, 1.165) is 24.2 Å². The number of hydrogen-bond donors (Lipinski definition) is 1. The molecule has 2 aromatic rings. The van der Waals surface area contributed by atoms with Crippen LogP contribution in [0.1, 0.15) is 34.8 Å². The van der Waals surface area contributed by atoms with Gasteiger partial charge in [0.25, 0.3) is 5.69 Å². The molecule has 0 bridgehead atoms. The minimum absolute atomic E-state index is 0.0215. The molecule has 1 saturated heterocycles. The van der Waals surface area contributed by atoms with E-state index in [1.807, 2.05) is 29.2 Å². The first kappa shape index (κ1) is 16.8.